The first-order valence-corrected chi connectivity index (χ1v) is 7.62. The average Bonchev–Trinajstić information content (AvgIpc) is 2.66. The first-order valence-electron chi connectivity index (χ1n) is 5.80. The van der Waals surface area contributed by atoms with Gasteiger partial charge in [-0.2, -0.15) is 0 Å². The maximum Gasteiger partial charge on any atom is 0.253 e. The highest BCUT2D eigenvalue weighted by atomic mass is 35.5. The molecule has 4 nitrogen and oxygen atoms in total. The number of carbonyl (C=O) groups excluding carboxylic acids is 1. The lowest BCUT2D eigenvalue weighted by Crippen LogP contribution is -2.26. The monoisotopic (exact) mass is 320 g/mol. The molecule has 1 aromatic heterocycles. The van der Waals surface area contributed by atoms with Gasteiger partial charge in [-0.15, -0.1) is 35.0 Å². The largest absolute Gasteiger partial charge is 0.324 e. The van der Waals surface area contributed by atoms with Gasteiger partial charge < -0.3 is 9.88 Å². The third-order valence-electron chi connectivity index (χ3n) is 2.94. The summed E-state index contributed by atoms with van der Waals surface area (Å²) in [7, 11) is 1.65. The molecular weight excluding hydrogens is 307 g/mol. The van der Waals surface area contributed by atoms with E-state index in [1.165, 1.54) is 16.3 Å². The fourth-order valence-corrected chi connectivity index (χ4v) is 3.98. The van der Waals surface area contributed by atoms with Crippen molar-refractivity contribution in [2.24, 2.45) is 7.05 Å². The molecule has 0 spiro atoms. The summed E-state index contributed by atoms with van der Waals surface area (Å²) >= 11 is 13.3. The van der Waals surface area contributed by atoms with Crippen molar-refractivity contribution < 1.29 is 4.79 Å². The zero-order chi connectivity index (χ0) is 14.2. The van der Waals surface area contributed by atoms with Gasteiger partial charge in [0.15, 0.2) is 0 Å². The smallest absolute Gasteiger partial charge is 0.253 e. The minimum Gasteiger partial charge on any atom is -0.324 e. The standard InChI is InChI=1S/C12H14Cl2N2O2S/c1-6-3-7(5-16(2)12(6)18)15-11(17)9-4-8(13)10(14)19-9/h3,5,8-10H,4H2,1-2H3,(H,15,17). The number of anilines is 1. The quantitative estimate of drug-likeness (QED) is 0.851. The predicted molar refractivity (Wildman–Crippen MR) is 80.3 cm³/mol. The molecule has 3 atom stereocenters. The Morgan fingerprint density at radius 1 is 1.53 bits per heavy atom. The van der Waals surface area contributed by atoms with E-state index >= 15 is 0 Å². The van der Waals surface area contributed by atoms with Crippen LogP contribution in [-0.4, -0.2) is 25.8 Å². The lowest BCUT2D eigenvalue weighted by molar-refractivity contribution is -0.115. The number of amides is 1. The number of nitrogens with one attached hydrogen (secondary N) is 1. The molecule has 1 N–H and O–H groups in total. The Morgan fingerprint density at radius 2 is 2.21 bits per heavy atom. The van der Waals surface area contributed by atoms with Gasteiger partial charge >= 0.3 is 0 Å². The first-order chi connectivity index (χ1) is 8.88. The molecule has 1 aliphatic rings. The summed E-state index contributed by atoms with van der Waals surface area (Å²) < 4.78 is 1.21. The van der Waals surface area contributed by atoms with Crippen molar-refractivity contribution in [2.75, 3.05) is 5.32 Å². The minimum atomic E-state index is -0.248. The van der Waals surface area contributed by atoms with Crippen LogP contribution in [0.4, 0.5) is 5.69 Å². The van der Waals surface area contributed by atoms with Crippen molar-refractivity contribution in [2.45, 2.75) is 28.7 Å². The molecule has 0 aromatic carbocycles. The van der Waals surface area contributed by atoms with Gasteiger partial charge in [-0.3, -0.25) is 9.59 Å². The van der Waals surface area contributed by atoms with Crippen molar-refractivity contribution in [1.29, 1.82) is 0 Å². The highest BCUT2D eigenvalue weighted by molar-refractivity contribution is 8.02. The van der Waals surface area contributed by atoms with Crippen LogP contribution in [0, 0.1) is 6.92 Å². The van der Waals surface area contributed by atoms with E-state index in [1.807, 2.05) is 0 Å². The molecule has 19 heavy (non-hydrogen) atoms. The SMILES string of the molecule is Cc1cc(NC(=O)C2CC(Cl)C(Cl)S2)cn(C)c1=O. The second kappa shape index (κ2) is 5.77. The van der Waals surface area contributed by atoms with E-state index in [0.717, 1.165) is 0 Å². The summed E-state index contributed by atoms with van der Waals surface area (Å²) in [5, 5.41) is 2.36. The number of hydrogen-bond acceptors (Lipinski definition) is 3. The topological polar surface area (TPSA) is 51.1 Å². The second-order valence-electron chi connectivity index (χ2n) is 4.54. The van der Waals surface area contributed by atoms with Crippen LogP contribution in [0.3, 0.4) is 0 Å². The molecule has 1 aliphatic heterocycles. The Bertz CT molecular complexity index is 525. The lowest BCUT2D eigenvalue weighted by atomic mass is 10.2. The van der Waals surface area contributed by atoms with E-state index < -0.39 is 0 Å². The van der Waals surface area contributed by atoms with Crippen LogP contribution in [0.15, 0.2) is 17.1 Å². The number of carbonyl (C=O) groups is 1. The van der Waals surface area contributed by atoms with Crippen molar-refractivity contribution in [3.05, 3.63) is 28.2 Å². The number of thioether (sulfide) groups is 1. The Labute approximate surface area is 125 Å². The number of pyridine rings is 1. The molecule has 104 valence electrons. The highest BCUT2D eigenvalue weighted by Crippen LogP contribution is 2.39. The number of nitrogens with zero attached hydrogens (tertiary/aromatic N) is 1. The predicted octanol–water partition coefficient (Wildman–Crippen LogP) is 2.31. The number of hydrogen-bond donors (Lipinski definition) is 1. The molecule has 0 saturated carbocycles. The Hall–Kier alpha value is -0.650. The van der Waals surface area contributed by atoms with E-state index in [0.29, 0.717) is 17.7 Å². The van der Waals surface area contributed by atoms with Gasteiger partial charge in [0.1, 0.15) is 0 Å². The lowest BCUT2D eigenvalue weighted by Gasteiger charge is -2.11. The second-order valence-corrected chi connectivity index (χ2v) is 7.18. The van der Waals surface area contributed by atoms with E-state index in [4.69, 9.17) is 23.2 Å². The molecule has 1 aromatic rings. The van der Waals surface area contributed by atoms with Crippen LogP contribution in [0.1, 0.15) is 12.0 Å². The first kappa shape index (κ1) is 14.8. The molecule has 0 bridgehead atoms. The zero-order valence-corrected chi connectivity index (χ0v) is 12.9. The van der Waals surface area contributed by atoms with Gasteiger partial charge in [0.2, 0.25) is 5.91 Å². The van der Waals surface area contributed by atoms with Gasteiger partial charge in [0.05, 0.1) is 21.0 Å². The molecule has 3 unspecified atom stereocenters. The molecule has 0 aliphatic carbocycles. The van der Waals surface area contributed by atoms with Gasteiger partial charge in [0.25, 0.3) is 5.56 Å². The summed E-state index contributed by atoms with van der Waals surface area (Å²) in [6.45, 7) is 1.71. The van der Waals surface area contributed by atoms with E-state index in [-0.39, 0.29) is 26.8 Å². The van der Waals surface area contributed by atoms with Gasteiger partial charge in [0, 0.05) is 18.8 Å². The van der Waals surface area contributed by atoms with E-state index in [9.17, 15) is 9.59 Å². The summed E-state index contributed by atoms with van der Waals surface area (Å²) in [5.41, 5.74) is 1.12. The maximum atomic E-state index is 12.1. The summed E-state index contributed by atoms with van der Waals surface area (Å²) in [6, 6.07) is 1.66. The van der Waals surface area contributed by atoms with Gasteiger partial charge in [-0.1, -0.05) is 0 Å². The zero-order valence-electron chi connectivity index (χ0n) is 10.5. The van der Waals surface area contributed by atoms with E-state index in [2.05, 4.69) is 5.32 Å². The third kappa shape index (κ3) is 3.27. The van der Waals surface area contributed by atoms with Crippen molar-refractivity contribution >= 4 is 46.6 Å². The van der Waals surface area contributed by atoms with Crippen molar-refractivity contribution in [3.63, 3.8) is 0 Å². The van der Waals surface area contributed by atoms with Crippen LogP contribution >= 0.6 is 35.0 Å². The van der Waals surface area contributed by atoms with Gasteiger partial charge in [-0.25, -0.2) is 0 Å². The molecule has 2 heterocycles. The maximum absolute atomic E-state index is 12.1. The fraction of sp³-hybridized carbons (Fsp3) is 0.500. The number of aromatic nitrogens is 1. The summed E-state index contributed by atoms with van der Waals surface area (Å²) in [4.78, 5) is 23.6. The highest BCUT2D eigenvalue weighted by Gasteiger charge is 2.36. The van der Waals surface area contributed by atoms with Crippen LogP contribution in [0.25, 0.3) is 0 Å². The van der Waals surface area contributed by atoms with Crippen molar-refractivity contribution in [3.8, 4) is 0 Å². The van der Waals surface area contributed by atoms with E-state index in [1.54, 1.807) is 26.2 Å². The summed E-state index contributed by atoms with van der Waals surface area (Å²) in [6.07, 6.45) is 2.15. The van der Waals surface area contributed by atoms with Crippen molar-refractivity contribution in [1.82, 2.24) is 4.57 Å². The molecule has 7 heteroatoms. The number of aryl methyl sites for hydroxylation is 2. The Balaban J connectivity index is 2.10. The number of halogens is 2. The third-order valence-corrected chi connectivity index (χ3v) is 5.59. The normalized spacial score (nSPS) is 26.4. The minimum absolute atomic E-state index is 0.0742. The Kier molecular flexibility index (Phi) is 4.48. The number of alkyl halides is 2. The van der Waals surface area contributed by atoms with Crippen LogP contribution in [0.5, 0.6) is 0 Å². The molecular formula is C12H14Cl2N2O2S. The Morgan fingerprint density at radius 3 is 2.74 bits per heavy atom. The fourth-order valence-electron chi connectivity index (χ4n) is 1.95. The number of rotatable bonds is 2. The summed E-state index contributed by atoms with van der Waals surface area (Å²) in [5.74, 6) is -0.128. The van der Waals surface area contributed by atoms with Gasteiger partial charge in [-0.05, 0) is 19.4 Å². The molecule has 2 rings (SSSR count). The molecule has 1 saturated heterocycles. The molecule has 0 radical (unpaired) electrons. The van der Waals surface area contributed by atoms with Crippen LogP contribution in [0.2, 0.25) is 0 Å². The molecule has 1 amide bonds. The van der Waals surface area contributed by atoms with Crippen LogP contribution < -0.4 is 10.9 Å². The van der Waals surface area contributed by atoms with Crippen LogP contribution in [-0.2, 0) is 11.8 Å². The average molecular weight is 321 g/mol. The molecule has 1 fully saturated rings.